The van der Waals surface area contributed by atoms with E-state index in [9.17, 15) is 114 Å². The number of nitrogens with one attached hydrogen (secondary N) is 6. The Kier molecular flexibility index (Phi) is 47.4. The molecule has 5 heterocycles. The van der Waals surface area contributed by atoms with Gasteiger partial charge in [-0.3, -0.25) is 47.9 Å². The van der Waals surface area contributed by atoms with E-state index in [4.69, 9.17) is 56.8 Å². The van der Waals surface area contributed by atoms with Crippen molar-refractivity contribution in [2.45, 2.75) is 267 Å². The van der Waals surface area contributed by atoms with Crippen LogP contribution >= 0.6 is 0 Å². The summed E-state index contributed by atoms with van der Waals surface area (Å²) in [5.74, 6) is -8.45. The van der Waals surface area contributed by atoms with Crippen molar-refractivity contribution in [3.8, 4) is 0 Å². The molecule has 0 spiro atoms. The third-order valence-corrected chi connectivity index (χ3v) is 22.6. The maximum absolute atomic E-state index is 14.8. The highest BCUT2D eigenvalue weighted by Gasteiger charge is 2.53. The van der Waals surface area contributed by atoms with Gasteiger partial charge in [0.25, 0.3) is 0 Å². The van der Waals surface area contributed by atoms with Gasteiger partial charge in [0.2, 0.25) is 41.4 Å². The van der Waals surface area contributed by atoms with E-state index in [2.05, 4.69) is 31.9 Å². The third kappa shape index (κ3) is 33.3. The molecule has 5 fully saturated rings. The average Bonchev–Trinajstić information content (AvgIpc) is 1.64. The molecule has 0 aromatic carbocycles. The first-order valence-electron chi connectivity index (χ1n) is 41.5. The van der Waals surface area contributed by atoms with Crippen molar-refractivity contribution in [2.24, 2.45) is 28.6 Å². The van der Waals surface area contributed by atoms with Gasteiger partial charge in [0.1, 0.15) is 90.7 Å². The van der Waals surface area contributed by atoms with Gasteiger partial charge in [-0.15, -0.1) is 0 Å². The quantitative estimate of drug-likeness (QED) is 0.0252. The number of ether oxygens (including phenoxy) is 12. The SMILES string of the molecule is CC[C@@]1(C)CN(C(=O)CCCC(=O)CC(CCC(=O)NC(CCC(=O)NCCOCCOC2OC(CO)C(O)C(O)C2NC(C)=O)C(=O)CCCOCCOC2OC(CO)C(O)C(O)C2NC(C)=O)C(=O)NC(CCC(=O)CCCOCCOC2OC(CO)C(O)C(O)C2C)C(=O)NCCOCCOC2OC(CO)C(O)C(O)C2C)C[C@@]1(C)CO. The van der Waals surface area contributed by atoms with E-state index in [1.165, 1.54) is 13.8 Å². The Balaban J connectivity index is 1.29. The summed E-state index contributed by atoms with van der Waals surface area (Å²) in [6.45, 7) is 8.48. The molecule has 0 bridgehead atoms. The van der Waals surface area contributed by atoms with Gasteiger partial charge in [-0.2, -0.15) is 0 Å². The smallest absolute Gasteiger partial charge is 0.242 e. The van der Waals surface area contributed by atoms with Crippen LogP contribution in [-0.4, -0.2) is 391 Å². The minimum Gasteiger partial charge on any atom is -0.396 e. The highest BCUT2D eigenvalue weighted by atomic mass is 16.7. The predicted octanol–water partition coefficient (Wildman–Crippen LogP) is -6.60. The number of rotatable bonds is 58. The second-order valence-electron chi connectivity index (χ2n) is 31.8. The standard InChI is InChI=1S/C78H135N7O35/c1-8-77(6)41-85(42-78(77,7)43-90)60(98)15-9-12-50(94)36-48(71(107)84-52(72(108)80-23-27-112-30-33-114-74-45(3)64(100)66(102)55(38-87)118-74)18-17-49(93)13-10-24-109-28-32-113-73-44(2)63(99)65(101)54(37-86)117-73)16-20-59(97)83-51(53(95)14-11-25-110-29-34-115-75-61(81-46(4)91)69(105)67(103)56(39-88)119-75)19-21-58(96)79-22-26-111-31-35-116-76-62(82-47(5)92)70(106)68(104)57(40-89)120-76/h44-45,48,51-52,54-57,61-70,73-76,86-90,99-106H,8-43H2,1-7H3,(H,79,96)(H,80,108)(H,81,91)(H,82,92)(H,83,97)(H,84,107)/t44?,45?,48?,51?,52?,54?,55?,56?,57?,61?,62?,63?,64?,65?,66?,67?,68?,69?,70?,73?,74?,75?,76?,77-,78-/m0/s1. The lowest BCUT2D eigenvalue weighted by molar-refractivity contribution is -0.284. The summed E-state index contributed by atoms with van der Waals surface area (Å²) in [6, 6.07) is -5.20. The average molecular weight is 1730 g/mol. The maximum Gasteiger partial charge on any atom is 0.242 e. The number of aliphatic hydroxyl groups excluding tert-OH is 13. The van der Waals surface area contributed by atoms with Crippen molar-refractivity contribution in [3.63, 3.8) is 0 Å². The number of Topliss-reactive ketones (excluding diaryl/α,β-unsaturated/α-hetero) is 3. The minimum absolute atomic E-state index is 0.00427. The molecular weight excluding hydrogens is 1590 g/mol. The summed E-state index contributed by atoms with van der Waals surface area (Å²) in [6.07, 6.45) is -22.5. The highest BCUT2D eigenvalue weighted by molar-refractivity contribution is 5.93. The van der Waals surface area contributed by atoms with Crippen molar-refractivity contribution in [3.05, 3.63) is 0 Å². The monoisotopic (exact) mass is 1730 g/mol. The topological polar surface area (TPSA) is 620 Å². The normalized spacial score (nSPS) is 30.8. The van der Waals surface area contributed by atoms with Crippen LogP contribution < -0.4 is 31.9 Å². The Morgan fingerprint density at radius 1 is 0.425 bits per heavy atom. The molecule has 25 atom stereocenters. The molecule has 0 saturated carbocycles. The van der Waals surface area contributed by atoms with Gasteiger partial charge in [0.15, 0.2) is 30.9 Å². The second-order valence-corrected chi connectivity index (χ2v) is 31.8. The fourth-order valence-electron chi connectivity index (χ4n) is 14.6. The van der Waals surface area contributed by atoms with Gasteiger partial charge in [-0.25, -0.2) is 0 Å². The second kappa shape index (κ2) is 54.2. The Hall–Kier alpha value is -5.70. The summed E-state index contributed by atoms with van der Waals surface area (Å²) in [5.41, 5.74) is -0.972. The number of likely N-dealkylation sites (tertiary alicyclic amines) is 1. The lowest BCUT2D eigenvalue weighted by atomic mass is 9.67. The van der Waals surface area contributed by atoms with Crippen LogP contribution in [0.4, 0.5) is 0 Å². The van der Waals surface area contributed by atoms with Crippen molar-refractivity contribution in [1.29, 1.82) is 0 Å². The van der Waals surface area contributed by atoms with Crippen LogP contribution in [0.25, 0.3) is 0 Å². The summed E-state index contributed by atoms with van der Waals surface area (Å²) >= 11 is 0. The Morgan fingerprint density at radius 3 is 1.30 bits per heavy atom. The van der Waals surface area contributed by atoms with E-state index in [0.717, 1.165) is 0 Å². The van der Waals surface area contributed by atoms with Gasteiger partial charge < -0.3 is 160 Å². The number of amides is 7. The number of ketones is 3. The van der Waals surface area contributed by atoms with Crippen LogP contribution in [0.5, 0.6) is 0 Å². The number of carbonyl (C=O) groups is 10. The minimum atomic E-state index is -1.57. The number of hydrogen-bond donors (Lipinski definition) is 19. The molecule has 0 aromatic heterocycles. The molecule has 0 aromatic rings. The molecule has 7 amide bonds. The van der Waals surface area contributed by atoms with Crippen LogP contribution in [0.1, 0.15) is 145 Å². The molecule has 5 rings (SSSR count). The molecule has 0 radical (unpaired) electrons. The molecule has 42 nitrogen and oxygen atoms in total. The van der Waals surface area contributed by atoms with Crippen LogP contribution in [0.15, 0.2) is 0 Å². The predicted molar refractivity (Wildman–Crippen MR) is 415 cm³/mol. The van der Waals surface area contributed by atoms with Crippen molar-refractivity contribution in [2.75, 3.05) is 138 Å². The molecule has 42 heteroatoms. The van der Waals surface area contributed by atoms with Crippen LogP contribution in [0, 0.1) is 28.6 Å². The molecule has 0 aliphatic carbocycles. The Bertz CT molecular complexity index is 3100. The molecular formula is C78H135N7O35. The fourth-order valence-corrected chi connectivity index (χ4v) is 14.6. The summed E-state index contributed by atoms with van der Waals surface area (Å²) < 4.78 is 67.8. The molecule has 5 aliphatic heterocycles. The van der Waals surface area contributed by atoms with E-state index in [1.807, 2.05) is 20.8 Å². The van der Waals surface area contributed by atoms with Gasteiger partial charge >= 0.3 is 0 Å². The van der Waals surface area contributed by atoms with E-state index in [0.29, 0.717) is 19.5 Å². The van der Waals surface area contributed by atoms with Gasteiger partial charge in [-0.05, 0) is 50.4 Å². The first kappa shape index (κ1) is 105. The van der Waals surface area contributed by atoms with Crippen molar-refractivity contribution in [1.82, 2.24) is 36.8 Å². The fraction of sp³-hybridized carbons (Fsp3) is 0.872. The van der Waals surface area contributed by atoms with Crippen molar-refractivity contribution >= 4 is 58.7 Å². The van der Waals surface area contributed by atoms with Gasteiger partial charge in [0.05, 0.1) is 117 Å². The zero-order valence-electron chi connectivity index (χ0n) is 70.0. The molecule has 5 aliphatic rings. The molecule has 23 unspecified atom stereocenters. The lowest BCUT2D eigenvalue weighted by Crippen LogP contribution is -2.64. The maximum atomic E-state index is 14.8. The van der Waals surface area contributed by atoms with Crippen molar-refractivity contribution < 1.29 is 171 Å². The first-order chi connectivity index (χ1) is 57.1. The van der Waals surface area contributed by atoms with Gasteiger partial charge in [-0.1, -0.05) is 34.6 Å². The Labute approximate surface area is 698 Å². The number of carbonyl (C=O) groups excluding carboxylic acids is 10. The zero-order valence-corrected chi connectivity index (χ0v) is 70.0. The molecule has 692 valence electrons. The summed E-state index contributed by atoms with van der Waals surface area (Å²) in [7, 11) is 0. The first-order valence-corrected chi connectivity index (χ1v) is 41.5. The van der Waals surface area contributed by atoms with E-state index >= 15 is 0 Å². The van der Waals surface area contributed by atoms with E-state index in [1.54, 1.807) is 18.7 Å². The highest BCUT2D eigenvalue weighted by Crippen LogP contribution is 2.48. The van der Waals surface area contributed by atoms with Gasteiger partial charge in [0, 0.05) is 128 Å². The molecule has 5 saturated heterocycles. The van der Waals surface area contributed by atoms with Crippen LogP contribution in [0.2, 0.25) is 0 Å². The van der Waals surface area contributed by atoms with Crippen LogP contribution in [-0.2, 0) is 105 Å². The largest absolute Gasteiger partial charge is 0.396 e. The lowest BCUT2D eigenvalue weighted by Gasteiger charge is -2.42. The summed E-state index contributed by atoms with van der Waals surface area (Å²) in [5, 5.41) is 148. The Morgan fingerprint density at radius 2 is 0.842 bits per heavy atom. The number of nitrogens with zero attached hydrogens (tertiary/aromatic N) is 1. The van der Waals surface area contributed by atoms with E-state index in [-0.39, 0.29) is 193 Å². The zero-order chi connectivity index (χ0) is 88.8. The third-order valence-electron chi connectivity index (χ3n) is 22.6. The van der Waals surface area contributed by atoms with Crippen LogP contribution in [0.3, 0.4) is 0 Å². The molecule has 19 N–H and O–H groups in total. The molecule has 120 heavy (non-hydrogen) atoms. The number of hydrogen-bond acceptors (Lipinski definition) is 35. The summed E-state index contributed by atoms with van der Waals surface area (Å²) in [4.78, 5) is 138. The number of aliphatic hydroxyl groups is 13. The van der Waals surface area contributed by atoms with E-state index < -0.39 is 232 Å².